The Hall–Kier alpha value is -2.26. The molecule has 0 aliphatic rings. The Kier molecular flexibility index (Phi) is 6.04. The number of ether oxygens (including phenoxy) is 1. The van der Waals surface area contributed by atoms with Crippen LogP contribution in [0.4, 0.5) is 0 Å². The first-order valence-corrected chi connectivity index (χ1v) is 9.09. The molecular weight excluding hydrogens is 332 g/mol. The number of benzene rings is 1. The van der Waals surface area contributed by atoms with Crippen LogP contribution in [0.15, 0.2) is 35.5 Å². The number of esters is 1. The molecule has 0 unspecified atom stereocenters. The average Bonchev–Trinajstić information content (AvgIpc) is 2.97. The third-order valence-corrected chi connectivity index (χ3v) is 5.03. The van der Waals surface area contributed by atoms with E-state index in [2.05, 4.69) is 14.9 Å². The summed E-state index contributed by atoms with van der Waals surface area (Å²) in [6, 6.07) is 9.39. The van der Waals surface area contributed by atoms with E-state index in [1.165, 1.54) is 11.7 Å². The van der Waals surface area contributed by atoms with E-state index in [0.717, 1.165) is 5.56 Å². The van der Waals surface area contributed by atoms with Crippen molar-refractivity contribution in [3.05, 3.63) is 41.7 Å². The predicted octanol–water partition coefficient (Wildman–Crippen LogP) is 0.164. The molecule has 1 aromatic heterocycles. The van der Waals surface area contributed by atoms with Crippen LogP contribution in [-0.2, 0) is 32.3 Å². The molecule has 0 saturated carbocycles. The number of carbonyl (C=O) groups excluding carboxylic acids is 1. The molecule has 2 aromatic rings. The quantitative estimate of drug-likeness (QED) is 0.673. The van der Waals surface area contributed by atoms with Crippen LogP contribution in [0, 0.1) is 0 Å². The van der Waals surface area contributed by atoms with E-state index in [4.69, 9.17) is 5.73 Å². The van der Waals surface area contributed by atoms with Crippen molar-refractivity contribution in [2.24, 2.45) is 5.73 Å². The van der Waals surface area contributed by atoms with Crippen LogP contribution in [0.5, 0.6) is 0 Å². The summed E-state index contributed by atoms with van der Waals surface area (Å²) in [7, 11) is -2.55. The molecule has 0 atom stereocenters. The molecule has 2 N–H and O–H groups in total. The van der Waals surface area contributed by atoms with E-state index in [1.807, 2.05) is 30.3 Å². The van der Waals surface area contributed by atoms with Gasteiger partial charge in [0.1, 0.15) is 5.82 Å². The van der Waals surface area contributed by atoms with Crippen LogP contribution < -0.4 is 5.73 Å². The molecular formula is C15H20N4O4S. The van der Waals surface area contributed by atoms with Crippen LogP contribution in [0.1, 0.15) is 17.8 Å². The minimum absolute atomic E-state index is 0.154. The van der Waals surface area contributed by atoms with E-state index in [-0.39, 0.29) is 17.3 Å². The lowest BCUT2D eigenvalue weighted by Crippen LogP contribution is -2.19. The van der Waals surface area contributed by atoms with Gasteiger partial charge < -0.3 is 10.5 Å². The number of nitrogens with two attached hydrogens (primary N) is 1. The van der Waals surface area contributed by atoms with E-state index in [1.54, 1.807) is 0 Å². The second kappa shape index (κ2) is 8.02. The molecule has 0 spiro atoms. The zero-order chi connectivity index (χ0) is 17.6. The molecule has 2 rings (SSSR count). The van der Waals surface area contributed by atoms with Crippen molar-refractivity contribution in [3.63, 3.8) is 0 Å². The number of methoxy groups -OCH3 is 1. The van der Waals surface area contributed by atoms with Crippen molar-refractivity contribution >= 4 is 15.8 Å². The molecule has 8 nitrogen and oxygen atoms in total. The van der Waals surface area contributed by atoms with Gasteiger partial charge in [0.05, 0.1) is 25.8 Å². The standard InChI is InChI=1S/C15H20N4O4S/c1-23-14(20)8-10-24(21,22)15-18-17-13(7-9-16)19(15)11-12-5-3-2-4-6-12/h2-6H,7-11,16H2,1H3. The Labute approximate surface area is 140 Å². The lowest BCUT2D eigenvalue weighted by molar-refractivity contribution is -0.140. The highest BCUT2D eigenvalue weighted by molar-refractivity contribution is 7.91. The van der Waals surface area contributed by atoms with Gasteiger partial charge >= 0.3 is 5.97 Å². The maximum absolute atomic E-state index is 12.5. The van der Waals surface area contributed by atoms with E-state index >= 15 is 0 Å². The molecule has 0 aliphatic carbocycles. The van der Waals surface area contributed by atoms with Gasteiger partial charge in [-0.15, -0.1) is 10.2 Å². The smallest absolute Gasteiger partial charge is 0.306 e. The molecule has 130 valence electrons. The Bertz CT molecular complexity index is 787. The van der Waals surface area contributed by atoms with Crippen LogP contribution in [0.2, 0.25) is 0 Å². The minimum Gasteiger partial charge on any atom is -0.469 e. The molecule has 0 fully saturated rings. The summed E-state index contributed by atoms with van der Waals surface area (Å²) >= 11 is 0. The van der Waals surface area contributed by atoms with Gasteiger partial charge in [-0.25, -0.2) is 8.42 Å². The van der Waals surface area contributed by atoms with Gasteiger partial charge in [-0.2, -0.15) is 0 Å². The summed E-state index contributed by atoms with van der Waals surface area (Å²) in [5, 5.41) is 7.62. The fraction of sp³-hybridized carbons (Fsp3) is 0.400. The van der Waals surface area contributed by atoms with Gasteiger partial charge in [0, 0.05) is 6.42 Å². The van der Waals surface area contributed by atoms with Gasteiger partial charge in [0.25, 0.3) is 0 Å². The van der Waals surface area contributed by atoms with Gasteiger partial charge in [-0.3, -0.25) is 9.36 Å². The monoisotopic (exact) mass is 352 g/mol. The highest BCUT2D eigenvalue weighted by Gasteiger charge is 2.25. The van der Waals surface area contributed by atoms with Crippen molar-refractivity contribution < 1.29 is 17.9 Å². The number of hydrogen-bond donors (Lipinski definition) is 1. The van der Waals surface area contributed by atoms with Crippen molar-refractivity contribution in [1.82, 2.24) is 14.8 Å². The number of nitrogens with zero attached hydrogens (tertiary/aromatic N) is 3. The fourth-order valence-corrected chi connectivity index (χ4v) is 3.49. The van der Waals surface area contributed by atoms with Gasteiger partial charge in [0.15, 0.2) is 0 Å². The van der Waals surface area contributed by atoms with Crippen molar-refractivity contribution in [2.75, 3.05) is 19.4 Å². The van der Waals surface area contributed by atoms with E-state index in [9.17, 15) is 13.2 Å². The molecule has 9 heteroatoms. The Morgan fingerprint density at radius 3 is 2.58 bits per heavy atom. The minimum atomic E-state index is -3.77. The lowest BCUT2D eigenvalue weighted by Gasteiger charge is -2.10. The summed E-state index contributed by atoms with van der Waals surface area (Å²) in [5.41, 5.74) is 6.48. The summed E-state index contributed by atoms with van der Waals surface area (Å²) in [4.78, 5) is 11.2. The molecule has 1 aromatic carbocycles. The number of rotatable bonds is 8. The first-order valence-electron chi connectivity index (χ1n) is 7.43. The van der Waals surface area contributed by atoms with E-state index in [0.29, 0.717) is 25.3 Å². The molecule has 0 saturated heterocycles. The number of carbonyl (C=O) groups is 1. The second-order valence-corrected chi connectivity index (χ2v) is 7.16. The summed E-state index contributed by atoms with van der Waals surface area (Å²) in [6.07, 6.45) is 0.176. The highest BCUT2D eigenvalue weighted by atomic mass is 32.2. The summed E-state index contributed by atoms with van der Waals surface area (Å²) in [5.74, 6) is -0.470. The van der Waals surface area contributed by atoms with Gasteiger partial charge in [-0.05, 0) is 12.1 Å². The summed E-state index contributed by atoms with van der Waals surface area (Å²) in [6.45, 7) is 0.644. The maximum Gasteiger partial charge on any atom is 0.306 e. The normalized spacial score (nSPS) is 11.4. The van der Waals surface area contributed by atoms with Gasteiger partial charge in [-0.1, -0.05) is 30.3 Å². The molecule has 1 heterocycles. The molecule has 0 aliphatic heterocycles. The first-order chi connectivity index (χ1) is 11.5. The Balaban J connectivity index is 2.33. The summed E-state index contributed by atoms with van der Waals surface area (Å²) < 4.78 is 31.1. The van der Waals surface area contributed by atoms with Gasteiger partial charge in [0.2, 0.25) is 15.0 Å². The second-order valence-electron chi connectivity index (χ2n) is 5.15. The molecule has 0 amide bonds. The SMILES string of the molecule is COC(=O)CCS(=O)(=O)c1nnc(CCN)n1Cc1ccccc1. The third kappa shape index (κ3) is 4.39. The lowest BCUT2D eigenvalue weighted by atomic mass is 10.2. The van der Waals surface area contributed by atoms with Crippen molar-refractivity contribution in [3.8, 4) is 0 Å². The van der Waals surface area contributed by atoms with Crippen LogP contribution >= 0.6 is 0 Å². The molecule has 0 bridgehead atoms. The average molecular weight is 352 g/mol. The highest BCUT2D eigenvalue weighted by Crippen LogP contribution is 2.15. The Morgan fingerprint density at radius 2 is 1.96 bits per heavy atom. The van der Waals surface area contributed by atoms with Crippen LogP contribution in [-0.4, -0.2) is 48.6 Å². The largest absolute Gasteiger partial charge is 0.469 e. The topological polar surface area (TPSA) is 117 Å². The molecule has 0 radical (unpaired) electrons. The molecule has 24 heavy (non-hydrogen) atoms. The van der Waals surface area contributed by atoms with E-state index < -0.39 is 15.8 Å². The third-order valence-electron chi connectivity index (χ3n) is 3.43. The predicted molar refractivity (Wildman–Crippen MR) is 87.0 cm³/mol. The zero-order valence-corrected chi connectivity index (χ0v) is 14.2. The Morgan fingerprint density at radius 1 is 1.25 bits per heavy atom. The number of aromatic nitrogens is 3. The number of sulfone groups is 1. The number of hydrogen-bond acceptors (Lipinski definition) is 7. The van der Waals surface area contributed by atoms with Crippen molar-refractivity contribution in [2.45, 2.75) is 24.5 Å². The van der Waals surface area contributed by atoms with Crippen LogP contribution in [0.3, 0.4) is 0 Å². The first kappa shape index (κ1) is 18.1. The van der Waals surface area contributed by atoms with Crippen LogP contribution in [0.25, 0.3) is 0 Å². The maximum atomic E-state index is 12.5. The zero-order valence-electron chi connectivity index (χ0n) is 13.4. The van der Waals surface area contributed by atoms with Crippen molar-refractivity contribution in [1.29, 1.82) is 0 Å². The fourth-order valence-electron chi connectivity index (χ4n) is 2.20.